The Morgan fingerprint density at radius 1 is 1.10 bits per heavy atom. The van der Waals surface area contributed by atoms with Crippen LogP contribution >= 0.6 is 23.2 Å². The van der Waals surface area contributed by atoms with E-state index >= 15 is 0 Å². The maximum Gasteiger partial charge on any atom is 0.200 e. The van der Waals surface area contributed by atoms with Gasteiger partial charge in [-0.05, 0) is 18.2 Å². The fourth-order valence-corrected chi connectivity index (χ4v) is 2.61. The highest BCUT2D eigenvalue weighted by Gasteiger charge is 2.12. The molecule has 0 aliphatic heterocycles. The van der Waals surface area contributed by atoms with Crippen LogP contribution in [-0.2, 0) is 7.05 Å². The third-order valence-corrected chi connectivity index (χ3v) is 4.19. The number of para-hydroxylation sites is 1. The largest absolute Gasteiger partial charge is 0.494 e. The van der Waals surface area contributed by atoms with E-state index in [1.165, 1.54) is 0 Å². The number of aromatic hydroxyl groups is 1. The van der Waals surface area contributed by atoms with Crippen LogP contribution in [0.5, 0.6) is 5.88 Å². The zero-order valence-corrected chi connectivity index (χ0v) is 12.7. The van der Waals surface area contributed by atoms with Crippen LogP contribution in [0.4, 0.5) is 5.69 Å². The van der Waals surface area contributed by atoms with Gasteiger partial charge >= 0.3 is 0 Å². The highest BCUT2D eigenvalue weighted by molar-refractivity contribution is 6.43. The zero-order valence-electron chi connectivity index (χ0n) is 11.2. The summed E-state index contributed by atoms with van der Waals surface area (Å²) in [6.07, 6.45) is 1.61. The summed E-state index contributed by atoms with van der Waals surface area (Å²) in [7, 11) is 1.81. The third kappa shape index (κ3) is 2.39. The summed E-state index contributed by atoms with van der Waals surface area (Å²) in [5.41, 5.74) is 2.16. The molecule has 0 radical (unpaired) electrons. The molecule has 5 heteroatoms. The van der Waals surface area contributed by atoms with Crippen molar-refractivity contribution in [3.63, 3.8) is 0 Å². The predicted octanol–water partition coefficient (Wildman–Crippen LogP) is 4.94. The lowest BCUT2D eigenvalue weighted by Gasteiger charge is -1.99. The smallest absolute Gasteiger partial charge is 0.200 e. The summed E-state index contributed by atoms with van der Waals surface area (Å²) < 4.78 is 1.72. The summed E-state index contributed by atoms with van der Waals surface area (Å²) in [6.45, 7) is 0. The van der Waals surface area contributed by atoms with Gasteiger partial charge in [-0.15, -0.1) is 0 Å². The Bertz CT molecular complexity index is 853. The number of aromatic nitrogens is 1. The van der Waals surface area contributed by atoms with Gasteiger partial charge in [-0.1, -0.05) is 47.5 Å². The molecule has 0 aliphatic rings. The highest BCUT2D eigenvalue weighted by Crippen LogP contribution is 2.33. The highest BCUT2D eigenvalue weighted by atomic mass is 35.5. The number of aliphatic imine (C=N–C) groups is 1. The van der Waals surface area contributed by atoms with E-state index in [-0.39, 0.29) is 5.88 Å². The Morgan fingerprint density at radius 2 is 1.86 bits per heavy atom. The van der Waals surface area contributed by atoms with Gasteiger partial charge in [0, 0.05) is 18.6 Å². The quantitative estimate of drug-likeness (QED) is 0.667. The molecule has 0 saturated heterocycles. The van der Waals surface area contributed by atoms with Crippen LogP contribution in [0.3, 0.4) is 0 Å². The fraction of sp³-hybridized carbons (Fsp3) is 0.0625. The Balaban J connectivity index is 2.12. The van der Waals surface area contributed by atoms with Crippen molar-refractivity contribution < 1.29 is 5.11 Å². The molecule has 2 aromatic carbocycles. The molecule has 0 atom stereocenters. The van der Waals surface area contributed by atoms with Crippen molar-refractivity contribution in [1.82, 2.24) is 4.57 Å². The van der Waals surface area contributed by atoms with E-state index in [0.717, 1.165) is 10.9 Å². The van der Waals surface area contributed by atoms with Crippen molar-refractivity contribution in [1.29, 1.82) is 0 Å². The number of aryl methyl sites for hydroxylation is 1. The molecule has 106 valence electrons. The van der Waals surface area contributed by atoms with Gasteiger partial charge in [0.1, 0.15) is 0 Å². The van der Waals surface area contributed by atoms with Gasteiger partial charge in [0.2, 0.25) is 5.88 Å². The lowest BCUT2D eigenvalue weighted by Crippen LogP contribution is -1.86. The first-order valence-corrected chi connectivity index (χ1v) is 7.09. The van der Waals surface area contributed by atoms with E-state index < -0.39 is 0 Å². The number of hydrogen-bond donors (Lipinski definition) is 1. The molecule has 0 bridgehead atoms. The van der Waals surface area contributed by atoms with Crippen LogP contribution in [0.1, 0.15) is 5.56 Å². The molecule has 0 unspecified atom stereocenters. The monoisotopic (exact) mass is 318 g/mol. The number of fused-ring (bicyclic) bond motifs is 1. The minimum atomic E-state index is 0.165. The van der Waals surface area contributed by atoms with Gasteiger partial charge in [0.15, 0.2) is 0 Å². The lowest BCUT2D eigenvalue weighted by atomic mass is 10.2. The van der Waals surface area contributed by atoms with Crippen molar-refractivity contribution in [3.05, 3.63) is 58.1 Å². The maximum absolute atomic E-state index is 10.2. The normalized spacial score (nSPS) is 11.6. The average molecular weight is 319 g/mol. The second-order valence-electron chi connectivity index (χ2n) is 4.64. The standard InChI is InChI=1S/C16H12Cl2N2O/c1-20-14-8-3-2-5-10(14)11(16(20)21)9-19-13-7-4-6-12(17)15(13)18/h2-9,21H,1H3. The Kier molecular flexibility index (Phi) is 3.62. The van der Waals surface area contributed by atoms with Crippen molar-refractivity contribution >= 4 is 46.0 Å². The number of halogens is 2. The van der Waals surface area contributed by atoms with Gasteiger partial charge < -0.3 is 9.67 Å². The Morgan fingerprint density at radius 3 is 2.67 bits per heavy atom. The summed E-state index contributed by atoms with van der Waals surface area (Å²) in [4.78, 5) is 4.35. The van der Waals surface area contributed by atoms with E-state index in [0.29, 0.717) is 21.3 Å². The summed E-state index contributed by atoms with van der Waals surface area (Å²) in [5, 5.41) is 12.0. The van der Waals surface area contributed by atoms with Crippen LogP contribution < -0.4 is 0 Å². The van der Waals surface area contributed by atoms with Crippen LogP contribution in [-0.4, -0.2) is 15.9 Å². The lowest BCUT2D eigenvalue weighted by molar-refractivity contribution is 0.434. The Hall–Kier alpha value is -1.97. The second-order valence-corrected chi connectivity index (χ2v) is 5.43. The maximum atomic E-state index is 10.2. The van der Waals surface area contributed by atoms with Gasteiger partial charge in [-0.2, -0.15) is 0 Å². The van der Waals surface area contributed by atoms with E-state index in [2.05, 4.69) is 4.99 Å². The van der Waals surface area contributed by atoms with Crippen molar-refractivity contribution in [2.75, 3.05) is 0 Å². The molecule has 0 aliphatic carbocycles. The topological polar surface area (TPSA) is 37.5 Å². The number of benzene rings is 2. The van der Waals surface area contributed by atoms with E-state index in [1.807, 2.05) is 24.3 Å². The molecular weight excluding hydrogens is 307 g/mol. The van der Waals surface area contributed by atoms with Crippen molar-refractivity contribution in [3.8, 4) is 5.88 Å². The summed E-state index contributed by atoms with van der Waals surface area (Å²) in [5.74, 6) is 0.165. The van der Waals surface area contributed by atoms with Gasteiger partial charge in [-0.25, -0.2) is 0 Å². The van der Waals surface area contributed by atoms with Crippen LogP contribution in [0.25, 0.3) is 10.9 Å². The molecule has 3 aromatic rings. The van der Waals surface area contributed by atoms with Crippen molar-refractivity contribution in [2.24, 2.45) is 12.0 Å². The molecule has 3 rings (SSSR count). The number of nitrogens with zero attached hydrogens (tertiary/aromatic N) is 2. The fourth-order valence-electron chi connectivity index (χ4n) is 2.26. The zero-order chi connectivity index (χ0) is 15.0. The van der Waals surface area contributed by atoms with Gasteiger partial charge in [0.05, 0.1) is 26.8 Å². The first kappa shape index (κ1) is 14.0. The average Bonchev–Trinajstić information content (AvgIpc) is 2.73. The predicted molar refractivity (Wildman–Crippen MR) is 88.3 cm³/mol. The molecule has 0 amide bonds. The molecule has 0 spiro atoms. The number of rotatable bonds is 2. The molecule has 1 heterocycles. The SMILES string of the molecule is Cn1c(O)c(C=Nc2cccc(Cl)c2Cl)c2ccccc21. The Labute approximate surface area is 132 Å². The van der Waals surface area contributed by atoms with Crippen LogP contribution in [0, 0.1) is 0 Å². The first-order valence-electron chi connectivity index (χ1n) is 6.34. The summed E-state index contributed by atoms with van der Waals surface area (Å²) in [6, 6.07) is 13.0. The molecular formula is C16H12Cl2N2O. The van der Waals surface area contributed by atoms with Crippen LogP contribution in [0.15, 0.2) is 47.5 Å². The molecule has 0 fully saturated rings. The van der Waals surface area contributed by atoms with E-state index in [9.17, 15) is 5.11 Å². The molecule has 1 N–H and O–H groups in total. The first-order chi connectivity index (χ1) is 10.1. The summed E-state index contributed by atoms with van der Waals surface area (Å²) >= 11 is 12.1. The molecule has 1 aromatic heterocycles. The van der Waals surface area contributed by atoms with Crippen molar-refractivity contribution in [2.45, 2.75) is 0 Å². The van der Waals surface area contributed by atoms with E-state index in [1.54, 1.807) is 36.0 Å². The van der Waals surface area contributed by atoms with Gasteiger partial charge in [0.25, 0.3) is 0 Å². The second kappa shape index (κ2) is 5.43. The minimum Gasteiger partial charge on any atom is -0.494 e. The molecule has 21 heavy (non-hydrogen) atoms. The molecule has 0 saturated carbocycles. The van der Waals surface area contributed by atoms with E-state index in [4.69, 9.17) is 23.2 Å². The molecule has 3 nitrogen and oxygen atoms in total. The van der Waals surface area contributed by atoms with Gasteiger partial charge in [-0.3, -0.25) is 4.99 Å². The van der Waals surface area contributed by atoms with Crippen LogP contribution in [0.2, 0.25) is 10.0 Å². The number of hydrogen-bond acceptors (Lipinski definition) is 2. The third-order valence-electron chi connectivity index (χ3n) is 3.38. The minimum absolute atomic E-state index is 0.165.